The van der Waals surface area contributed by atoms with Crippen molar-refractivity contribution < 1.29 is 4.74 Å². The lowest BCUT2D eigenvalue weighted by Gasteiger charge is -2.08. The van der Waals surface area contributed by atoms with E-state index in [4.69, 9.17) is 22.1 Å². The summed E-state index contributed by atoms with van der Waals surface area (Å²) in [7, 11) is 0. The average molecular weight is 235 g/mol. The first-order chi connectivity index (χ1) is 7.65. The lowest BCUT2D eigenvalue weighted by molar-refractivity contribution is 0.478. The van der Waals surface area contributed by atoms with E-state index < -0.39 is 0 Å². The van der Waals surface area contributed by atoms with Gasteiger partial charge in [0.2, 0.25) is 0 Å². The predicted octanol–water partition coefficient (Wildman–Crippen LogP) is 3.42. The molecule has 2 aromatic rings. The molecule has 16 heavy (non-hydrogen) atoms. The van der Waals surface area contributed by atoms with E-state index in [1.807, 2.05) is 19.1 Å². The number of pyridine rings is 1. The minimum absolute atomic E-state index is 0.434. The highest BCUT2D eigenvalue weighted by Crippen LogP contribution is 2.27. The molecule has 4 heteroatoms. The molecule has 0 bridgehead atoms. The highest BCUT2D eigenvalue weighted by molar-refractivity contribution is 6.30. The molecule has 2 rings (SSSR count). The van der Waals surface area contributed by atoms with Crippen LogP contribution in [0.4, 0.5) is 5.82 Å². The fourth-order valence-corrected chi connectivity index (χ4v) is 1.57. The van der Waals surface area contributed by atoms with Crippen LogP contribution in [0.25, 0.3) is 0 Å². The van der Waals surface area contributed by atoms with Crippen molar-refractivity contribution in [2.45, 2.75) is 6.92 Å². The average Bonchev–Trinajstić information content (AvgIpc) is 2.22. The Hall–Kier alpha value is -1.74. The van der Waals surface area contributed by atoms with Crippen LogP contribution < -0.4 is 10.5 Å². The van der Waals surface area contributed by atoms with Crippen molar-refractivity contribution >= 4 is 17.4 Å². The fourth-order valence-electron chi connectivity index (χ4n) is 1.35. The Morgan fingerprint density at radius 2 is 2.06 bits per heavy atom. The Morgan fingerprint density at radius 3 is 2.75 bits per heavy atom. The molecule has 0 saturated heterocycles. The molecule has 0 fully saturated rings. The third kappa shape index (κ3) is 2.44. The van der Waals surface area contributed by atoms with Crippen LogP contribution in [0.3, 0.4) is 0 Å². The van der Waals surface area contributed by atoms with Gasteiger partial charge in [-0.25, -0.2) is 4.98 Å². The Bertz CT molecular complexity index is 514. The number of ether oxygens (including phenoxy) is 1. The van der Waals surface area contributed by atoms with Crippen molar-refractivity contribution in [3.8, 4) is 11.5 Å². The van der Waals surface area contributed by atoms with Gasteiger partial charge in [0, 0.05) is 17.3 Å². The van der Waals surface area contributed by atoms with Crippen molar-refractivity contribution in [3.05, 3.63) is 47.1 Å². The van der Waals surface area contributed by atoms with Crippen LogP contribution >= 0.6 is 11.6 Å². The SMILES string of the molecule is Cc1cc(Cl)ccc1Oc1ccnc(N)c1. The molecule has 0 aliphatic carbocycles. The number of aromatic nitrogens is 1. The Kier molecular flexibility index (Phi) is 2.97. The van der Waals surface area contributed by atoms with Crippen molar-refractivity contribution in [1.82, 2.24) is 4.98 Å². The molecule has 1 aromatic carbocycles. The van der Waals surface area contributed by atoms with Crippen LogP contribution in [-0.4, -0.2) is 4.98 Å². The van der Waals surface area contributed by atoms with Crippen LogP contribution in [0.5, 0.6) is 11.5 Å². The van der Waals surface area contributed by atoms with Crippen molar-refractivity contribution in [2.75, 3.05) is 5.73 Å². The van der Waals surface area contributed by atoms with Crippen molar-refractivity contribution in [3.63, 3.8) is 0 Å². The molecule has 0 amide bonds. The second-order valence-electron chi connectivity index (χ2n) is 3.43. The number of anilines is 1. The molecular weight excluding hydrogens is 224 g/mol. The molecule has 0 spiro atoms. The van der Waals surface area contributed by atoms with Gasteiger partial charge >= 0.3 is 0 Å². The molecule has 0 saturated carbocycles. The monoisotopic (exact) mass is 234 g/mol. The van der Waals surface area contributed by atoms with E-state index in [-0.39, 0.29) is 0 Å². The quantitative estimate of drug-likeness (QED) is 0.866. The van der Waals surface area contributed by atoms with Crippen LogP contribution in [0.15, 0.2) is 36.5 Å². The number of rotatable bonds is 2. The second kappa shape index (κ2) is 4.41. The second-order valence-corrected chi connectivity index (χ2v) is 3.86. The minimum Gasteiger partial charge on any atom is -0.457 e. The standard InChI is InChI=1S/C12H11ClN2O/c1-8-6-9(13)2-3-11(8)16-10-4-5-15-12(14)7-10/h2-7H,1H3,(H2,14,15). The summed E-state index contributed by atoms with van der Waals surface area (Å²) >= 11 is 5.86. The van der Waals surface area contributed by atoms with E-state index in [1.165, 1.54) is 0 Å². The van der Waals surface area contributed by atoms with Gasteiger partial charge in [-0.05, 0) is 36.8 Å². The smallest absolute Gasteiger partial charge is 0.132 e. The summed E-state index contributed by atoms with van der Waals surface area (Å²) in [6, 6.07) is 8.89. The van der Waals surface area contributed by atoms with E-state index in [1.54, 1.807) is 24.4 Å². The number of aryl methyl sites for hydroxylation is 1. The molecule has 0 atom stereocenters. The normalized spacial score (nSPS) is 10.1. The highest BCUT2D eigenvalue weighted by Gasteiger charge is 2.02. The number of hydrogen-bond acceptors (Lipinski definition) is 3. The first-order valence-corrected chi connectivity index (χ1v) is 5.18. The summed E-state index contributed by atoms with van der Waals surface area (Å²) < 4.78 is 5.67. The molecule has 0 aliphatic heterocycles. The van der Waals surface area contributed by atoms with E-state index in [0.717, 1.165) is 11.3 Å². The van der Waals surface area contributed by atoms with Crippen LogP contribution in [0.2, 0.25) is 5.02 Å². The number of nitrogens with zero attached hydrogens (tertiary/aromatic N) is 1. The highest BCUT2D eigenvalue weighted by atomic mass is 35.5. The molecular formula is C12H11ClN2O. The van der Waals surface area contributed by atoms with Gasteiger partial charge in [-0.2, -0.15) is 0 Å². The lowest BCUT2D eigenvalue weighted by atomic mass is 10.2. The zero-order valence-electron chi connectivity index (χ0n) is 8.77. The van der Waals surface area contributed by atoms with Gasteiger partial charge in [0.15, 0.2) is 0 Å². The maximum absolute atomic E-state index is 5.86. The van der Waals surface area contributed by atoms with Gasteiger partial charge in [0.05, 0.1) is 0 Å². The van der Waals surface area contributed by atoms with Gasteiger partial charge in [-0.15, -0.1) is 0 Å². The first-order valence-electron chi connectivity index (χ1n) is 4.81. The van der Waals surface area contributed by atoms with Crippen LogP contribution in [0, 0.1) is 6.92 Å². The van der Waals surface area contributed by atoms with Crippen molar-refractivity contribution in [1.29, 1.82) is 0 Å². The molecule has 2 N–H and O–H groups in total. The Morgan fingerprint density at radius 1 is 1.25 bits per heavy atom. The molecule has 3 nitrogen and oxygen atoms in total. The molecule has 0 unspecified atom stereocenters. The molecule has 0 radical (unpaired) electrons. The van der Waals surface area contributed by atoms with Crippen LogP contribution in [-0.2, 0) is 0 Å². The third-order valence-electron chi connectivity index (χ3n) is 2.12. The van der Waals surface area contributed by atoms with Gasteiger partial charge in [-0.3, -0.25) is 0 Å². The van der Waals surface area contributed by atoms with Crippen molar-refractivity contribution in [2.24, 2.45) is 0 Å². The Labute approximate surface area is 98.8 Å². The summed E-state index contributed by atoms with van der Waals surface area (Å²) in [5, 5.41) is 0.694. The maximum atomic E-state index is 5.86. The van der Waals surface area contributed by atoms with Gasteiger partial charge < -0.3 is 10.5 Å². The first kappa shape index (κ1) is 10.8. The van der Waals surface area contributed by atoms with Gasteiger partial charge in [0.25, 0.3) is 0 Å². The number of hydrogen-bond donors (Lipinski definition) is 1. The number of benzene rings is 1. The molecule has 0 aliphatic rings. The maximum Gasteiger partial charge on any atom is 0.132 e. The van der Waals surface area contributed by atoms with Gasteiger partial charge in [-0.1, -0.05) is 11.6 Å². The fraction of sp³-hybridized carbons (Fsp3) is 0.0833. The largest absolute Gasteiger partial charge is 0.457 e. The summed E-state index contributed by atoms with van der Waals surface area (Å²) in [4.78, 5) is 3.89. The third-order valence-corrected chi connectivity index (χ3v) is 2.35. The molecule has 82 valence electrons. The summed E-state index contributed by atoms with van der Waals surface area (Å²) in [6.07, 6.45) is 1.61. The van der Waals surface area contributed by atoms with E-state index >= 15 is 0 Å². The molecule has 1 aromatic heterocycles. The molecule has 1 heterocycles. The summed E-state index contributed by atoms with van der Waals surface area (Å²) in [5.74, 6) is 1.86. The van der Waals surface area contributed by atoms with E-state index in [2.05, 4.69) is 4.98 Å². The summed E-state index contributed by atoms with van der Waals surface area (Å²) in [5.41, 5.74) is 6.54. The number of halogens is 1. The zero-order valence-corrected chi connectivity index (χ0v) is 9.53. The number of nitrogens with two attached hydrogens (primary N) is 1. The van der Waals surface area contributed by atoms with Gasteiger partial charge in [0.1, 0.15) is 17.3 Å². The Balaban J connectivity index is 2.27. The lowest BCUT2D eigenvalue weighted by Crippen LogP contribution is -1.91. The van der Waals surface area contributed by atoms with E-state index in [9.17, 15) is 0 Å². The predicted molar refractivity (Wildman–Crippen MR) is 64.9 cm³/mol. The minimum atomic E-state index is 0.434. The zero-order chi connectivity index (χ0) is 11.5. The summed E-state index contributed by atoms with van der Waals surface area (Å²) in [6.45, 7) is 1.94. The van der Waals surface area contributed by atoms with E-state index in [0.29, 0.717) is 16.6 Å². The van der Waals surface area contributed by atoms with Crippen LogP contribution in [0.1, 0.15) is 5.56 Å². The number of nitrogen functional groups attached to an aromatic ring is 1. The topological polar surface area (TPSA) is 48.1 Å².